The second kappa shape index (κ2) is 9.73. The van der Waals surface area contributed by atoms with E-state index in [1.54, 1.807) is 54.3 Å². The molecular weight excluding hydrogens is 380 g/mol. The number of carbonyl (C=O) groups excluding carboxylic acids is 2. The van der Waals surface area contributed by atoms with E-state index in [1.165, 1.54) is 5.56 Å². The van der Waals surface area contributed by atoms with Gasteiger partial charge in [-0.1, -0.05) is 23.8 Å². The topological polar surface area (TPSA) is 85.3 Å². The second-order valence-corrected chi connectivity index (χ2v) is 7.15. The molecule has 1 unspecified atom stereocenters. The van der Waals surface area contributed by atoms with Crippen LogP contribution in [0.4, 0.5) is 11.4 Å². The lowest BCUT2D eigenvalue weighted by atomic mass is 10.1. The maximum Gasteiger partial charge on any atom is 0.248 e. The molecule has 0 aliphatic carbocycles. The van der Waals surface area contributed by atoms with E-state index >= 15 is 0 Å². The fourth-order valence-electron chi connectivity index (χ4n) is 2.99. The van der Waals surface area contributed by atoms with Crippen LogP contribution >= 0.6 is 0 Å². The van der Waals surface area contributed by atoms with Crippen molar-refractivity contribution in [3.63, 3.8) is 0 Å². The summed E-state index contributed by atoms with van der Waals surface area (Å²) in [5.41, 5.74) is 3.42. The molecule has 0 saturated heterocycles. The third kappa shape index (κ3) is 5.70. The number of carbonyl (C=O) groups is 2. The predicted molar refractivity (Wildman–Crippen MR) is 117 cm³/mol. The number of ether oxygens (including phenoxy) is 1. The molecule has 0 radical (unpaired) electrons. The van der Waals surface area contributed by atoms with Gasteiger partial charge in [-0.15, -0.1) is 0 Å². The number of nitrogens with one attached hydrogen (secondary N) is 2. The maximum atomic E-state index is 12.4. The van der Waals surface area contributed by atoms with Crippen LogP contribution in [-0.4, -0.2) is 28.2 Å². The average Bonchev–Trinajstić information content (AvgIpc) is 3.24. The van der Waals surface area contributed by atoms with Crippen LogP contribution in [0.3, 0.4) is 0 Å². The molecule has 3 rings (SSSR count). The highest BCUT2D eigenvalue weighted by molar-refractivity contribution is 5.95. The normalized spacial score (nSPS) is 11.6. The van der Waals surface area contributed by atoms with Crippen molar-refractivity contribution >= 4 is 23.2 Å². The SMILES string of the molecule is Cc1ccc(OCCC(=O)Nc2cccc(NC(=O)C(C)n3cccn3)c2)c(C)c1. The van der Waals surface area contributed by atoms with Gasteiger partial charge >= 0.3 is 0 Å². The van der Waals surface area contributed by atoms with Gasteiger partial charge in [0.1, 0.15) is 11.8 Å². The third-order valence-corrected chi connectivity index (χ3v) is 4.63. The Hall–Kier alpha value is -3.61. The first kappa shape index (κ1) is 21.1. The molecule has 0 fully saturated rings. The van der Waals surface area contributed by atoms with Crippen molar-refractivity contribution < 1.29 is 14.3 Å². The Morgan fingerprint density at radius 3 is 2.53 bits per heavy atom. The zero-order chi connectivity index (χ0) is 21.5. The van der Waals surface area contributed by atoms with Gasteiger partial charge in [0.05, 0.1) is 13.0 Å². The molecule has 2 amide bonds. The molecule has 0 saturated carbocycles. The molecule has 1 heterocycles. The molecule has 7 nitrogen and oxygen atoms in total. The van der Waals surface area contributed by atoms with E-state index in [2.05, 4.69) is 15.7 Å². The van der Waals surface area contributed by atoms with Crippen molar-refractivity contribution in [3.8, 4) is 5.75 Å². The van der Waals surface area contributed by atoms with Gasteiger partial charge in [0.2, 0.25) is 11.8 Å². The Balaban J connectivity index is 1.50. The summed E-state index contributed by atoms with van der Waals surface area (Å²) >= 11 is 0. The van der Waals surface area contributed by atoms with Crippen LogP contribution in [0.15, 0.2) is 60.9 Å². The number of hydrogen-bond acceptors (Lipinski definition) is 4. The molecule has 0 spiro atoms. The van der Waals surface area contributed by atoms with Crippen molar-refractivity contribution in [2.24, 2.45) is 0 Å². The van der Waals surface area contributed by atoms with E-state index in [4.69, 9.17) is 4.74 Å². The summed E-state index contributed by atoms with van der Waals surface area (Å²) in [6.07, 6.45) is 3.59. The van der Waals surface area contributed by atoms with Gasteiger partial charge in [-0.05, 0) is 56.7 Å². The van der Waals surface area contributed by atoms with Gasteiger partial charge in [-0.25, -0.2) is 0 Å². The van der Waals surface area contributed by atoms with E-state index in [0.717, 1.165) is 11.3 Å². The van der Waals surface area contributed by atoms with Crippen LogP contribution in [0.5, 0.6) is 5.75 Å². The highest BCUT2D eigenvalue weighted by Gasteiger charge is 2.15. The number of aryl methyl sites for hydroxylation is 2. The van der Waals surface area contributed by atoms with Crippen LogP contribution in [-0.2, 0) is 9.59 Å². The molecule has 30 heavy (non-hydrogen) atoms. The first-order valence-corrected chi connectivity index (χ1v) is 9.82. The fraction of sp³-hybridized carbons (Fsp3) is 0.261. The fourth-order valence-corrected chi connectivity index (χ4v) is 2.99. The van der Waals surface area contributed by atoms with Crippen molar-refractivity contribution in [2.75, 3.05) is 17.2 Å². The van der Waals surface area contributed by atoms with Crippen molar-refractivity contribution in [1.29, 1.82) is 0 Å². The van der Waals surface area contributed by atoms with Crippen LogP contribution in [0.2, 0.25) is 0 Å². The average molecular weight is 406 g/mol. The number of nitrogens with zero attached hydrogens (tertiary/aromatic N) is 2. The summed E-state index contributed by atoms with van der Waals surface area (Å²) in [4.78, 5) is 24.6. The Kier molecular flexibility index (Phi) is 6.85. The van der Waals surface area contributed by atoms with Crippen LogP contribution in [0.25, 0.3) is 0 Å². The summed E-state index contributed by atoms with van der Waals surface area (Å²) in [5, 5.41) is 9.76. The van der Waals surface area contributed by atoms with Gasteiger partial charge in [0.15, 0.2) is 0 Å². The van der Waals surface area contributed by atoms with E-state index in [-0.39, 0.29) is 24.8 Å². The molecule has 1 atom stereocenters. The molecule has 2 aromatic carbocycles. The minimum Gasteiger partial charge on any atom is -0.493 e. The molecule has 0 bridgehead atoms. The summed E-state index contributed by atoms with van der Waals surface area (Å²) in [7, 11) is 0. The first-order chi connectivity index (χ1) is 14.4. The Morgan fingerprint density at radius 2 is 1.83 bits per heavy atom. The third-order valence-electron chi connectivity index (χ3n) is 4.63. The largest absolute Gasteiger partial charge is 0.493 e. The minimum atomic E-state index is -0.444. The smallest absolute Gasteiger partial charge is 0.248 e. The summed E-state index contributed by atoms with van der Waals surface area (Å²) in [5.74, 6) is 0.432. The summed E-state index contributed by atoms with van der Waals surface area (Å²) in [6.45, 7) is 6.06. The zero-order valence-electron chi connectivity index (χ0n) is 17.4. The van der Waals surface area contributed by atoms with Crippen molar-refractivity contribution in [1.82, 2.24) is 9.78 Å². The van der Waals surface area contributed by atoms with Crippen LogP contribution < -0.4 is 15.4 Å². The number of rotatable bonds is 8. The molecule has 3 aromatic rings. The highest BCUT2D eigenvalue weighted by atomic mass is 16.5. The minimum absolute atomic E-state index is 0.159. The van der Waals surface area contributed by atoms with Crippen molar-refractivity contribution in [3.05, 3.63) is 72.1 Å². The standard InChI is InChI=1S/C23H26N4O3/c1-16-8-9-21(17(2)14-16)30-13-10-22(28)25-19-6-4-7-20(15-19)26-23(29)18(3)27-12-5-11-24-27/h4-9,11-12,14-15,18H,10,13H2,1-3H3,(H,25,28)(H,26,29). The molecule has 1 aromatic heterocycles. The van der Waals surface area contributed by atoms with Crippen LogP contribution in [0, 0.1) is 13.8 Å². The van der Waals surface area contributed by atoms with Crippen LogP contribution in [0.1, 0.15) is 30.5 Å². The monoisotopic (exact) mass is 406 g/mol. The molecule has 0 aliphatic rings. The first-order valence-electron chi connectivity index (χ1n) is 9.82. The summed E-state index contributed by atoms with van der Waals surface area (Å²) in [6, 6.07) is 14.3. The van der Waals surface area contributed by atoms with Crippen molar-refractivity contribution in [2.45, 2.75) is 33.2 Å². The molecule has 7 heteroatoms. The number of amides is 2. The lowest BCUT2D eigenvalue weighted by molar-refractivity contribution is -0.119. The van der Waals surface area contributed by atoms with Gasteiger partial charge < -0.3 is 15.4 Å². The lowest BCUT2D eigenvalue weighted by Crippen LogP contribution is -2.24. The van der Waals surface area contributed by atoms with Gasteiger partial charge in [0, 0.05) is 23.8 Å². The second-order valence-electron chi connectivity index (χ2n) is 7.15. The molecular formula is C23H26N4O3. The van der Waals surface area contributed by atoms with Gasteiger partial charge in [0.25, 0.3) is 0 Å². The number of hydrogen-bond donors (Lipinski definition) is 2. The highest BCUT2D eigenvalue weighted by Crippen LogP contribution is 2.19. The Bertz CT molecular complexity index is 1020. The quantitative estimate of drug-likeness (QED) is 0.590. The van der Waals surface area contributed by atoms with Gasteiger partial charge in [-0.3, -0.25) is 14.3 Å². The zero-order valence-corrected chi connectivity index (χ0v) is 17.4. The lowest BCUT2D eigenvalue weighted by Gasteiger charge is -2.14. The Labute approximate surface area is 176 Å². The molecule has 0 aliphatic heterocycles. The maximum absolute atomic E-state index is 12.4. The predicted octanol–water partition coefficient (Wildman–Crippen LogP) is 4.11. The van der Waals surface area contributed by atoms with E-state index < -0.39 is 6.04 Å². The van der Waals surface area contributed by atoms with E-state index in [0.29, 0.717) is 11.4 Å². The Morgan fingerprint density at radius 1 is 1.07 bits per heavy atom. The number of aromatic nitrogens is 2. The number of anilines is 2. The van der Waals surface area contributed by atoms with E-state index in [1.807, 2.05) is 32.0 Å². The number of benzene rings is 2. The summed E-state index contributed by atoms with van der Waals surface area (Å²) < 4.78 is 7.29. The molecule has 2 N–H and O–H groups in total. The van der Waals surface area contributed by atoms with E-state index in [9.17, 15) is 9.59 Å². The molecule has 156 valence electrons. The van der Waals surface area contributed by atoms with Gasteiger partial charge in [-0.2, -0.15) is 5.10 Å².